The zero-order valence-electron chi connectivity index (χ0n) is 10.8. The summed E-state index contributed by atoms with van der Waals surface area (Å²) in [6.45, 7) is 0.360. The summed E-state index contributed by atoms with van der Waals surface area (Å²) in [6.07, 6.45) is 5.27. The quantitative estimate of drug-likeness (QED) is 0.704. The number of amides is 1. The summed E-state index contributed by atoms with van der Waals surface area (Å²) >= 11 is 0. The second-order valence-corrected chi connectivity index (χ2v) is 3.93. The van der Waals surface area contributed by atoms with Gasteiger partial charge in [-0.05, 0) is 12.1 Å². The van der Waals surface area contributed by atoms with Gasteiger partial charge in [0.05, 0.1) is 13.2 Å². The van der Waals surface area contributed by atoms with Gasteiger partial charge in [0, 0.05) is 30.6 Å². The van der Waals surface area contributed by atoms with Gasteiger partial charge in [-0.3, -0.25) is 4.79 Å². The Bertz CT molecular complexity index is 609. The minimum Gasteiger partial charge on any atom is -0.395 e. The SMILES string of the molecule is O=C(NCc1ncc[nH]1)c1ccc(C#CCCO)cn1. The van der Waals surface area contributed by atoms with Crippen LogP contribution < -0.4 is 5.32 Å². The Hall–Kier alpha value is -2.65. The lowest BCUT2D eigenvalue weighted by molar-refractivity contribution is 0.0945. The van der Waals surface area contributed by atoms with Crippen molar-refractivity contribution in [3.63, 3.8) is 0 Å². The number of pyridine rings is 1. The Kier molecular flexibility index (Phi) is 4.87. The highest BCUT2D eigenvalue weighted by atomic mass is 16.2. The molecule has 1 amide bonds. The number of carbonyl (C=O) groups excluding carboxylic acids is 1. The highest BCUT2D eigenvalue weighted by molar-refractivity contribution is 5.92. The molecule has 3 N–H and O–H groups in total. The fourth-order valence-corrected chi connectivity index (χ4v) is 1.47. The maximum Gasteiger partial charge on any atom is 0.270 e. The van der Waals surface area contributed by atoms with Crippen molar-refractivity contribution >= 4 is 5.91 Å². The number of rotatable bonds is 4. The van der Waals surface area contributed by atoms with Crippen LogP contribution in [0, 0.1) is 11.8 Å². The number of aliphatic hydroxyl groups is 1. The number of carbonyl (C=O) groups is 1. The molecule has 0 fully saturated rings. The maximum absolute atomic E-state index is 11.8. The van der Waals surface area contributed by atoms with E-state index in [2.05, 4.69) is 32.1 Å². The molecule has 2 aromatic rings. The number of nitrogens with zero attached hydrogens (tertiary/aromatic N) is 2. The van der Waals surface area contributed by atoms with Gasteiger partial charge in [0.2, 0.25) is 0 Å². The number of aliphatic hydroxyl groups excluding tert-OH is 1. The van der Waals surface area contributed by atoms with Crippen LogP contribution in [0.1, 0.15) is 28.3 Å². The van der Waals surface area contributed by atoms with E-state index < -0.39 is 0 Å². The van der Waals surface area contributed by atoms with E-state index >= 15 is 0 Å². The van der Waals surface area contributed by atoms with Gasteiger partial charge < -0.3 is 15.4 Å². The van der Waals surface area contributed by atoms with Crippen molar-refractivity contribution in [2.75, 3.05) is 6.61 Å². The first-order valence-corrected chi connectivity index (χ1v) is 6.12. The lowest BCUT2D eigenvalue weighted by atomic mass is 10.2. The van der Waals surface area contributed by atoms with Gasteiger partial charge in [0.25, 0.3) is 5.91 Å². The first-order chi connectivity index (χ1) is 9.79. The van der Waals surface area contributed by atoms with Gasteiger partial charge in [0.15, 0.2) is 0 Å². The maximum atomic E-state index is 11.8. The summed E-state index contributed by atoms with van der Waals surface area (Å²) in [4.78, 5) is 22.8. The fraction of sp³-hybridized carbons (Fsp3) is 0.214. The molecule has 0 aliphatic carbocycles. The monoisotopic (exact) mass is 270 g/mol. The van der Waals surface area contributed by atoms with Gasteiger partial charge >= 0.3 is 0 Å². The first-order valence-electron chi connectivity index (χ1n) is 6.12. The molecule has 20 heavy (non-hydrogen) atoms. The molecule has 0 saturated heterocycles. The highest BCUT2D eigenvalue weighted by Crippen LogP contribution is 1.99. The average Bonchev–Trinajstić information content (AvgIpc) is 2.99. The highest BCUT2D eigenvalue weighted by Gasteiger charge is 2.06. The number of aromatic amines is 1. The van der Waals surface area contributed by atoms with Crippen LogP contribution in [-0.4, -0.2) is 32.6 Å². The topological polar surface area (TPSA) is 90.9 Å². The van der Waals surface area contributed by atoms with Gasteiger partial charge in [-0.2, -0.15) is 0 Å². The smallest absolute Gasteiger partial charge is 0.270 e. The number of hydrogen-bond acceptors (Lipinski definition) is 4. The molecule has 0 bridgehead atoms. The molecule has 2 aromatic heterocycles. The zero-order chi connectivity index (χ0) is 14.2. The Morgan fingerprint density at radius 1 is 1.40 bits per heavy atom. The van der Waals surface area contributed by atoms with Crippen molar-refractivity contribution < 1.29 is 9.90 Å². The molecule has 0 unspecified atom stereocenters. The summed E-state index contributed by atoms with van der Waals surface area (Å²) in [5.74, 6) is 6.06. The van der Waals surface area contributed by atoms with Crippen molar-refractivity contribution in [3.8, 4) is 11.8 Å². The van der Waals surface area contributed by atoms with E-state index in [1.54, 1.807) is 24.5 Å². The van der Waals surface area contributed by atoms with E-state index in [0.717, 1.165) is 0 Å². The average molecular weight is 270 g/mol. The number of hydrogen-bond donors (Lipinski definition) is 3. The molecule has 0 atom stereocenters. The Morgan fingerprint density at radius 3 is 2.95 bits per heavy atom. The Balaban J connectivity index is 1.92. The van der Waals surface area contributed by atoms with E-state index in [4.69, 9.17) is 5.11 Å². The summed E-state index contributed by atoms with van der Waals surface area (Å²) in [7, 11) is 0. The normalized spacial score (nSPS) is 9.65. The second kappa shape index (κ2) is 7.07. The van der Waals surface area contributed by atoms with Crippen LogP contribution in [0.4, 0.5) is 0 Å². The molecule has 0 aliphatic heterocycles. The van der Waals surface area contributed by atoms with Crippen LogP contribution in [-0.2, 0) is 6.54 Å². The van der Waals surface area contributed by atoms with Gasteiger partial charge in [-0.1, -0.05) is 11.8 Å². The fourth-order valence-electron chi connectivity index (χ4n) is 1.47. The van der Waals surface area contributed by atoms with Crippen molar-refractivity contribution in [1.82, 2.24) is 20.3 Å². The molecular formula is C14H14N4O2. The molecule has 2 rings (SSSR count). The minimum absolute atomic E-state index is 0.0354. The Morgan fingerprint density at radius 2 is 2.30 bits per heavy atom. The van der Waals surface area contributed by atoms with Crippen molar-refractivity contribution in [3.05, 3.63) is 47.8 Å². The van der Waals surface area contributed by atoms with Crippen LogP contribution in [0.25, 0.3) is 0 Å². The standard InChI is InChI=1S/C14H14N4O2/c19-8-2-1-3-11-4-5-12(17-9-11)14(20)18-10-13-15-6-7-16-13/h4-7,9,19H,2,8,10H2,(H,15,16)(H,18,20). The van der Waals surface area contributed by atoms with Crippen LogP contribution in [0.15, 0.2) is 30.7 Å². The largest absolute Gasteiger partial charge is 0.395 e. The lowest BCUT2D eigenvalue weighted by Crippen LogP contribution is -2.24. The van der Waals surface area contributed by atoms with Gasteiger partial charge in [0.1, 0.15) is 11.5 Å². The zero-order valence-corrected chi connectivity index (χ0v) is 10.8. The van der Waals surface area contributed by atoms with E-state index in [9.17, 15) is 4.79 Å². The molecule has 0 saturated carbocycles. The molecule has 6 heteroatoms. The first kappa shape index (κ1) is 13.8. The molecule has 102 valence electrons. The summed E-state index contributed by atoms with van der Waals surface area (Å²) in [5, 5.41) is 11.3. The molecule has 0 aromatic carbocycles. The third-order valence-corrected chi connectivity index (χ3v) is 2.44. The van der Waals surface area contributed by atoms with Gasteiger partial charge in [-0.25, -0.2) is 9.97 Å². The van der Waals surface area contributed by atoms with E-state index in [1.165, 1.54) is 6.20 Å². The third-order valence-electron chi connectivity index (χ3n) is 2.44. The van der Waals surface area contributed by atoms with Crippen molar-refractivity contribution in [1.29, 1.82) is 0 Å². The Labute approximate surface area is 116 Å². The second-order valence-electron chi connectivity index (χ2n) is 3.93. The summed E-state index contributed by atoms with van der Waals surface area (Å²) < 4.78 is 0. The molecule has 0 aliphatic rings. The van der Waals surface area contributed by atoms with Gasteiger partial charge in [-0.15, -0.1) is 0 Å². The summed E-state index contributed by atoms with van der Waals surface area (Å²) in [6, 6.07) is 3.33. The lowest BCUT2D eigenvalue weighted by Gasteiger charge is -2.02. The number of H-pyrrole nitrogens is 1. The van der Waals surface area contributed by atoms with Crippen molar-refractivity contribution in [2.24, 2.45) is 0 Å². The van der Waals surface area contributed by atoms with E-state index in [-0.39, 0.29) is 12.5 Å². The molecule has 2 heterocycles. The molecule has 6 nitrogen and oxygen atoms in total. The molecular weight excluding hydrogens is 256 g/mol. The molecule has 0 spiro atoms. The van der Waals surface area contributed by atoms with Crippen molar-refractivity contribution in [2.45, 2.75) is 13.0 Å². The predicted molar refractivity (Wildman–Crippen MR) is 72.6 cm³/mol. The van der Waals surface area contributed by atoms with Crippen LogP contribution in [0.3, 0.4) is 0 Å². The molecule has 0 radical (unpaired) electrons. The predicted octanol–water partition coefficient (Wildman–Crippen LogP) is 0.469. The number of nitrogens with one attached hydrogen (secondary N) is 2. The van der Waals surface area contributed by atoms with Crippen LogP contribution >= 0.6 is 0 Å². The number of aromatic nitrogens is 3. The van der Waals surface area contributed by atoms with Crippen LogP contribution in [0.5, 0.6) is 0 Å². The third kappa shape index (κ3) is 3.93. The number of imidazole rings is 1. The summed E-state index contributed by atoms with van der Waals surface area (Å²) in [5.41, 5.74) is 1.03. The van der Waals surface area contributed by atoms with E-state index in [1.807, 2.05) is 0 Å². The van der Waals surface area contributed by atoms with Crippen LogP contribution in [0.2, 0.25) is 0 Å². The minimum atomic E-state index is -0.267. The van der Waals surface area contributed by atoms with E-state index in [0.29, 0.717) is 30.0 Å².